The molecule has 22 nitrogen and oxygen atoms in total. The summed E-state index contributed by atoms with van der Waals surface area (Å²) in [5.41, 5.74) is 0.322. The minimum atomic E-state index is -1.64. The van der Waals surface area contributed by atoms with Gasteiger partial charge in [0.05, 0.1) is 0 Å². The Morgan fingerprint density at radius 1 is 0.547 bits per heavy atom. The monoisotopic (exact) mass is 896 g/mol. The Morgan fingerprint density at radius 2 is 1.08 bits per heavy atom. The number of unbranched alkanes of at least 4 members (excludes halogenated alkanes) is 1. The maximum absolute atomic E-state index is 13.9. The summed E-state index contributed by atoms with van der Waals surface area (Å²) in [6.07, 6.45) is -2.39. The van der Waals surface area contributed by atoms with E-state index in [9.17, 15) is 72.8 Å². The van der Waals surface area contributed by atoms with Gasteiger partial charge in [0.25, 0.3) is 5.91 Å². The van der Waals surface area contributed by atoms with Crippen molar-refractivity contribution in [2.24, 2.45) is 0 Å². The van der Waals surface area contributed by atoms with Gasteiger partial charge < -0.3 is 57.4 Å². The van der Waals surface area contributed by atoms with Crippen molar-refractivity contribution in [3.05, 3.63) is 77.9 Å². The third-order valence-electron chi connectivity index (χ3n) is 9.50. The highest BCUT2D eigenvalue weighted by atomic mass is 18.2. The number of hydrogen-bond acceptors (Lipinski definition) is 11. The number of carbonyl (C=O) groups is 10. The summed E-state index contributed by atoms with van der Waals surface area (Å²) in [7, 11) is 0. The molecule has 344 valence electrons. The summed E-state index contributed by atoms with van der Waals surface area (Å²) in [6, 6.07) is 5.60. The number of carboxylic acid groups (broad SMARTS) is 5. The molecular formula is C41H48FN7O15. The quantitative estimate of drug-likeness (QED) is 0.0372. The highest BCUT2D eigenvalue weighted by molar-refractivity contribution is 5.99. The average Bonchev–Trinajstić information content (AvgIpc) is 3.23. The summed E-state index contributed by atoms with van der Waals surface area (Å²) in [6.45, 7) is -0.0801. The van der Waals surface area contributed by atoms with E-state index >= 15 is 0 Å². The number of aliphatic carboxylic acids is 5. The number of amides is 6. The second kappa shape index (κ2) is 25.3. The lowest BCUT2D eigenvalue weighted by molar-refractivity contribution is -0.141. The molecule has 1 aromatic heterocycles. The van der Waals surface area contributed by atoms with Gasteiger partial charge in [0.1, 0.15) is 30.2 Å². The Hall–Kier alpha value is -7.72. The zero-order valence-electron chi connectivity index (χ0n) is 34.1. The summed E-state index contributed by atoms with van der Waals surface area (Å²) in [5.74, 6) is -11.8. The van der Waals surface area contributed by atoms with E-state index < -0.39 is 134 Å². The lowest BCUT2D eigenvalue weighted by Gasteiger charge is -2.25. The molecule has 3 aromatic rings. The van der Waals surface area contributed by atoms with Gasteiger partial charge in [0, 0.05) is 50.1 Å². The third kappa shape index (κ3) is 17.7. The van der Waals surface area contributed by atoms with E-state index in [1.165, 1.54) is 0 Å². The largest absolute Gasteiger partial charge is 0.481 e. The molecule has 0 aliphatic carbocycles. The number of pyridine rings is 1. The highest BCUT2D eigenvalue weighted by Gasteiger charge is 2.31. The van der Waals surface area contributed by atoms with Crippen LogP contribution in [0.2, 0.25) is 0 Å². The molecule has 0 bridgehead atoms. The molecule has 1 heterocycles. The number of carbonyl (C=O) groups excluding carboxylic acids is 5. The van der Waals surface area contributed by atoms with Crippen LogP contribution in [0.25, 0.3) is 10.8 Å². The Balaban J connectivity index is 1.76. The first-order valence-corrected chi connectivity index (χ1v) is 19.8. The van der Waals surface area contributed by atoms with Crippen molar-refractivity contribution in [2.45, 2.75) is 94.4 Å². The number of rotatable bonds is 27. The second-order valence-electron chi connectivity index (χ2n) is 14.4. The molecule has 2 aromatic carbocycles. The molecule has 0 saturated heterocycles. The van der Waals surface area contributed by atoms with Gasteiger partial charge in [-0.25, -0.2) is 19.4 Å². The summed E-state index contributed by atoms with van der Waals surface area (Å²) in [4.78, 5) is 127. The number of fused-ring (bicyclic) bond motifs is 1. The molecule has 0 saturated carbocycles. The van der Waals surface area contributed by atoms with Crippen molar-refractivity contribution in [1.29, 1.82) is 0 Å². The second-order valence-corrected chi connectivity index (χ2v) is 14.4. The molecule has 0 fully saturated rings. The van der Waals surface area contributed by atoms with E-state index in [-0.39, 0.29) is 37.8 Å². The Morgan fingerprint density at radius 3 is 1.64 bits per heavy atom. The van der Waals surface area contributed by atoms with Gasteiger partial charge in [0.15, 0.2) is 0 Å². The maximum Gasteiger partial charge on any atom is 0.326 e. The van der Waals surface area contributed by atoms with Crippen molar-refractivity contribution in [2.75, 3.05) is 6.54 Å². The van der Waals surface area contributed by atoms with Crippen molar-refractivity contribution in [3.8, 4) is 0 Å². The van der Waals surface area contributed by atoms with Crippen molar-refractivity contribution < 1.29 is 77.9 Å². The smallest absolute Gasteiger partial charge is 0.326 e. The summed E-state index contributed by atoms with van der Waals surface area (Å²) in [5, 5.41) is 62.1. The van der Waals surface area contributed by atoms with Crippen LogP contribution in [0.3, 0.4) is 0 Å². The zero-order chi connectivity index (χ0) is 47.3. The van der Waals surface area contributed by atoms with E-state index in [0.717, 1.165) is 29.1 Å². The molecule has 0 radical (unpaired) electrons. The van der Waals surface area contributed by atoms with Gasteiger partial charge in [-0.3, -0.25) is 33.6 Å². The first kappa shape index (κ1) is 50.6. The topological polar surface area (TPSA) is 357 Å². The van der Waals surface area contributed by atoms with E-state index in [0.29, 0.717) is 5.56 Å². The number of benzene rings is 2. The molecule has 0 aliphatic rings. The predicted molar refractivity (Wildman–Crippen MR) is 219 cm³/mol. The van der Waals surface area contributed by atoms with E-state index in [1.54, 1.807) is 24.3 Å². The Bertz CT molecular complexity index is 2210. The van der Waals surface area contributed by atoms with Gasteiger partial charge in [-0.05, 0) is 60.9 Å². The van der Waals surface area contributed by atoms with Gasteiger partial charge >= 0.3 is 35.9 Å². The number of aromatic nitrogens is 1. The fraction of sp³-hybridized carbons (Fsp3) is 0.390. The van der Waals surface area contributed by atoms with Crippen LogP contribution in [0.4, 0.5) is 9.18 Å². The SMILES string of the molecule is O=C(O)CC[C@@H](NC(=O)N[C@H](CCCCNC(=O)[C@@H](Cc1ccc2ccccc2c1)NC(=O)[C@@H](CCC(=O)O)NC(=O)[C@@H](CCC(=O)O)NC(=O)c1ccnc([18F])c1)C(=O)O)C(=O)O. The summed E-state index contributed by atoms with van der Waals surface area (Å²) < 4.78 is 13.7. The molecule has 0 unspecified atom stereocenters. The molecule has 6 amide bonds. The van der Waals surface area contributed by atoms with Crippen molar-refractivity contribution >= 4 is 70.3 Å². The predicted octanol–water partition coefficient (Wildman–Crippen LogP) is 0.771. The average molecular weight is 897 g/mol. The molecule has 3 rings (SSSR count). The van der Waals surface area contributed by atoms with Crippen LogP contribution < -0.4 is 31.9 Å². The number of nitrogens with zero attached hydrogens (tertiary/aromatic N) is 1. The molecule has 64 heavy (non-hydrogen) atoms. The minimum absolute atomic E-state index is 0.0801. The molecule has 5 atom stereocenters. The van der Waals surface area contributed by atoms with Crippen molar-refractivity contribution in [3.63, 3.8) is 0 Å². The van der Waals surface area contributed by atoms with Gasteiger partial charge in [0.2, 0.25) is 23.7 Å². The number of nitrogens with one attached hydrogen (secondary N) is 6. The van der Waals surface area contributed by atoms with Crippen LogP contribution in [0, 0.1) is 5.95 Å². The normalized spacial score (nSPS) is 13.1. The van der Waals surface area contributed by atoms with Crippen LogP contribution in [0.5, 0.6) is 0 Å². The number of halogens is 1. The van der Waals surface area contributed by atoms with Gasteiger partial charge in [-0.1, -0.05) is 42.5 Å². The molecular weight excluding hydrogens is 848 g/mol. The van der Waals surface area contributed by atoms with E-state index in [1.807, 2.05) is 23.5 Å². The minimum Gasteiger partial charge on any atom is -0.481 e. The number of urea groups is 1. The van der Waals surface area contributed by atoms with Crippen molar-refractivity contribution in [1.82, 2.24) is 36.9 Å². The third-order valence-corrected chi connectivity index (χ3v) is 9.50. The zero-order valence-corrected chi connectivity index (χ0v) is 34.1. The lowest BCUT2D eigenvalue weighted by Crippen LogP contribution is -2.57. The van der Waals surface area contributed by atoms with Crippen LogP contribution >= 0.6 is 0 Å². The van der Waals surface area contributed by atoms with Gasteiger partial charge in [-0.2, -0.15) is 4.39 Å². The fourth-order valence-corrected chi connectivity index (χ4v) is 6.16. The lowest BCUT2D eigenvalue weighted by atomic mass is 10.00. The first-order chi connectivity index (χ1) is 30.3. The fourth-order valence-electron chi connectivity index (χ4n) is 6.16. The maximum atomic E-state index is 13.9. The van der Waals surface area contributed by atoms with E-state index in [2.05, 4.69) is 31.6 Å². The van der Waals surface area contributed by atoms with Crippen LogP contribution in [0.15, 0.2) is 60.8 Å². The van der Waals surface area contributed by atoms with Crippen LogP contribution in [-0.4, -0.2) is 127 Å². The molecule has 0 spiro atoms. The standard InChI is InChI=1S/C41H48FN7O15/c42-31-21-25(16-18-43-31)35(56)45-26(10-13-32(50)51)37(58)46-27(11-14-33(52)53)38(59)47-30(20-22-8-9-23-5-1-2-6-24(23)19-22)36(57)44-17-4-3-7-28(39(60)61)48-41(64)49-29(40(62)63)12-15-34(54)55/h1-2,5-6,8-9,16,18-19,21,26-30H,3-4,7,10-15,17,20H2,(H,44,57)(H,45,56)(H,46,58)(H,47,59)(H,50,51)(H,52,53)(H,54,55)(H,60,61)(H,62,63)(H2,48,49,64)/t26-,27-,28-,29-,30-/m1/s1/i42-1. The van der Waals surface area contributed by atoms with Gasteiger partial charge in [-0.15, -0.1) is 0 Å². The highest BCUT2D eigenvalue weighted by Crippen LogP contribution is 2.17. The number of hydrogen-bond donors (Lipinski definition) is 11. The summed E-state index contributed by atoms with van der Waals surface area (Å²) >= 11 is 0. The molecule has 0 aliphatic heterocycles. The van der Waals surface area contributed by atoms with Crippen LogP contribution in [0.1, 0.15) is 73.7 Å². The molecule has 23 heteroatoms. The Kier molecular flexibility index (Phi) is 20.0. The first-order valence-electron chi connectivity index (χ1n) is 19.8. The number of carboxylic acids is 5. The van der Waals surface area contributed by atoms with Crippen LogP contribution in [-0.2, 0) is 44.8 Å². The van der Waals surface area contributed by atoms with E-state index in [4.69, 9.17) is 5.11 Å². The molecule has 11 N–H and O–H groups in total. The Labute approximate surface area is 363 Å².